The van der Waals surface area contributed by atoms with Crippen LogP contribution in [0.25, 0.3) is 0 Å². The summed E-state index contributed by atoms with van der Waals surface area (Å²) >= 11 is 0. The standard InChI is InChI=1S/C5H9NO/c1-6-5-3-2-4-7-5/h2,4-6H,3H2,1H3. The van der Waals surface area contributed by atoms with E-state index in [-0.39, 0.29) is 6.23 Å². The molecule has 7 heavy (non-hydrogen) atoms. The molecule has 1 aliphatic rings. The van der Waals surface area contributed by atoms with Crippen molar-refractivity contribution in [2.75, 3.05) is 7.05 Å². The van der Waals surface area contributed by atoms with E-state index in [1.54, 1.807) is 6.26 Å². The van der Waals surface area contributed by atoms with Gasteiger partial charge in [-0.3, -0.25) is 5.32 Å². The molecule has 1 heterocycles. The first-order valence-corrected chi connectivity index (χ1v) is 2.41. The average Bonchev–Trinajstić information content (AvgIpc) is 2.14. The summed E-state index contributed by atoms with van der Waals surface area (Å²) in [7, 11) is 1.89. The molecule has 0 saturated carbocycles. The van der Waals surface area contributed by atoms with Gasteiger partial charge in [0, 0.05) is 6.42 Å². The van der Waals surface area contributed by atoms with Crippen molar-refractivity contribution in [3.63, 3.8) is 0 Å². The minimum absolute atomic E-state index is 0.236. The van der Waals surface area contributed by atoms with Gasteiger partial charge in [-0.25, -0.2) is 0 Å². The van der Waals surface area contributed by atoms with Crippen molar-refractivity contribution in [1.82, 2.24) is 5.32 Å². The predicted octanol–water partition coefficient (Wildman–Crippen LogP) is 0.466. The largest absolute Gasteiger partial charge is 0.483 e. The van der Waals surface area contributed by atoms with Crippen molar-refractivity contribution in [3.8, 4) is 0 Å². The lowest BCUT2D eigenvalue weighted by Gasteiger charge is -2.05. The Hall–Kier alpha value is -0.500. The van der Waals surface area contributed by atoms with Crippen LogP contribution in [0.15, 0.2) is 12.3 Å². The molecule has 40 valence electrons. The fraction of sp³-hybridized carbons (Fsp3) is 0.600. The average molecular weight is 99.1 g/mol. The lowest BCUT2D eigenvalue weighted by molar-refractivity contribution is 0.145. The highest BCUT2D eigenvalue weighted by Crippen LogP contribution is 2.03. The van der Waals surface area contributed by atoms with Crippen molar-refractivity contribution in [1.29, 1.82) is 0 Å². The van der Waals surface area contributed by atoms with E-state index in [0.29, 0.717) is 0 Å². The Balaban J connectivity index is 2.22. The van der Waals surface area contributed by atoms with E-state index in [0.717, 1.165) is 6.42 Å². The molecule has 1 unspecified atom stereocenters. The maximum atomic E-state index is 5.01. The summed E-state index contributed by atoms with van der Waals surface area (Å²) in [5.41, 5.74) is 0. The van der Waals surface area contributed by atoms with Crippen LogP contribution in [0.5, 0.6) is 0 Å². The molecule has 0 aromatic heterocycles. The quantitative estimate of drug-likeness (QED) is 0.516. The molecule has 0 aromatic carbocycles. The van der Waals surface area contributed by atoms with Crippen molar-refractivity contribution < 1.29 is 4.74 Å². The van der Waals surface area contributed by atoms with E-state index in [1.165, 1.54) is 0 Å². The third-order valence-corrected chi connectivity index (χ3v) is 1.01. The Morgan fingerprint density at radius 1 is 1.86 bits per heavy atom. The molecular weight excluding hydrogens is 90.1 g/mol. The molecular formula is C5H9NO. The van der Waals surface area contributed by atoms with Crippen LogP contribution < -0.4 is 5.32 Å². The third-order valence-electron chi connectivity index (χ3n) is 1.01. The van der Waals surface area contributed by atoms with Crippen LogP contribution in [0.2, 0.25) is 0 Å². The molecule has 0 saturated heterocycles. The van der Waals surface area contributed by atoms with Gasteiger partial charge >= 0.3 is 0 Å². The van der Waals surface area contributed by atoms with E-state index in [2.05, 4.69) is 5.32 Å². The molecule has 0 aromatic rings. The van der Waals surface area contributed by atoms with Crippen LogP contribution in [0.4, 0.5) is 0 Å². The summed E-state index contributed by atoms with van der Waals surface area (Å²) in [6.07, 6.45) is 4.96. The van der Waals surface area contributed by atoms with E-state index in [9.17, 15) is 0 Å². The minimum atomic E-state index is 0.236. The van der Waals surface area contributed by atoms with Crippen molar-refractivity contribution in [3.05, 3.63) is 12.3 Å². The normalized spacial score (nSPS) is 27.9. The van der Waals surface area contributed by atoms with Crippen LogP contribution in [0.3, 0.4) is 0 Å². The summed E-state index contributed by atoms with van der Waals surface area (Å²) in [6, 6.07) is 0. The second kappa shape index (κ2) is 1.98. The first-order valence-electron chi connectivity index (χ1n) is 2.41. The van der Waals surface area contributed by atoms with Crippen molar-refractivity contribution in [2.24, 2.45) is 0 Å². The van der Waals surface area contributed by atoms with Gasteiger partial charge in [0.05, 0.1) is 6.26 Å². The summed E-state index contributed by atoms with van der Waals surface area (Å²) in [5, 5.41) is 2.98. The highest BCUT2D eigenvalue weighted by Gasteiger charge is 2.05. The maximum Gasteiger partial charge on any atom is 0.152 e. The molecule has 1 aliphatic heterocycles. The molecule has 2 nitrogen and oxygen atoms in total. The molecule has 0 radical (unpaired) electrons. The zero-order chi connectivity index (χ0) is 5.11. The first-order chi connectivity index (χ1) is 3.43. The van der Waals surface area contributed by atoms with Crippen LogP contribution in [-0.2, 0) is 4.74 Å². The Kier molecular flexibility index (Phi) is 1.32. The van der Waals surface area contributed by atoms with Crippen LogP contribution in [0.1, 0.15) is 6.42 Å². The van der Waals surface area contributed by atoms with Gasteiger partial charge in [0.25, 0.3) is 0 Å². The first kappa shape index (κ1) is 4.65. The van der Waals surface area contributed by atoms with Gasteiger partial charge in [-0.15, -0.1) is 0 Å². The second-order valence-electron chi connectivity index (χ2n) is 1.52. The molecule has 0 bridgehead atoms. The summed E-state index contributed by atoms with van der Waals surface area (Å²) < 4.78 is 5.01. The Morgan fingerprint density at radius 2 is 2.71 bits per heavy atom. The number of rotatable bonds is 1. The van der Waals surface area contributed by atoms with Gasteiger partial charge in [0.2, 0.25) is 0 Å². The van der Waals surface area contributed by atoms with Gasteiger partial charge in [-0.2, -0.15) is 0 Å². The Bertz CT molecular complexity index is 72.1. The Morgan fingerprint density at radius 3 is 3.00 bits per heavy atom. The fourth-order valence-corrected chi connectivity index (χ4v) is 0.571. The fourth-order valence-electron chi connectivity index (χ4n) is 0.571. The highest BCUT2D eigenvalue weighted by atomic mass is 16.5. The number of ether oxygens (including phenoxy) is 1. The molecule has 0 spiro atoms. The van der Waals surface area contributed by atoms with E-state index < -0.39 is 0 Å². The zero-order valence-electron chi connectivity index (χ0n) is 4.35. The molecule has 1 atom stereocenters. The summed E-state index contributed by atoms with van der Waals surface area (Å²) in [5.74, 6) is 0. The second-order valence-corrected chi connectivity index (χ2v) is 1.52. The number of hydrogen-bond acceptors (Lipinski definition) is 2. The minimum Gasteiger partial charge on any atom is -0.483 e. The highest BCUT2D eigenvalue weighted by molar-refractivity contribution is 4.84. The summed E-state index contributed by atoms with van der Waals surface area (Å²) in [6.45, 7) is 0. The van der Waals surface area contributed by atoms with E-state index in [4.69, 9.17) is 4.74 Å². The molecule has 2 heteroatoms. The van der Waals surface area contributed by atoms with Gasteiger partial charge in [0.15, 0.2) is 6.23 Å². The van der Waals surface area contributed by atoms with Gasteiger partial charge in [-0.1, -0.05) is 0 Å². The number of nitrogens with one attached hydrogen (secondary N) is 1. The Labute approximate surface area is 43.2 Å². The van der Waals surface area contributed by atoms with Crippen LogP contribution >= 0.6 is 0 Å². The molecule has 0 fully saturated rings. The van der Waals surface area contributed by atoms with Gasteiger partial charge in [0.1, 0.15) is 0 Å². The van der Waals surface area contributed by atoms with Crippen molar-refractivity contribution >= 4 is 0 Å². The summed E-state index contributed by atoms with van der Waals surface area (Å²) in [4.78, 5) is 0. The molecule has 1 N–H and O–H groups in total. The molecule has 1 rings (SSSR count). The smallest absolute Gasteiger partial charge is 0.152 e. The van der Waals surface area contributed by atoms with Gasteiger partial charge < -0.3 is 4.74 Å². The maximum absolute atomic E-state index is 5.01. The van der Waals surface area contributed by atoms with E-state index in [1.807, 2.05) is 13.1 Å². The molecule has 0 amide bonds. The lowest BCUT2D eigenvalue weighted by Crippen LogP contribution is -2.22. The van der Waals surface area contributed by atoms with Crippen molar-refractivity contribution in [2.45, 2.75) is 12.6 Å². The topological polar surface area (TPSA) is 21.3 Å². The van der Waals surface area contributed by atoms with Gasteiger partial charge in [-0.05, 0) is 13.1 Å². The van der Waals surface area contributed by atoms with Crippen LogP contribution in [0, 0.1) is 0 Å². The molecule has 0 aliphatic carbocycles. The van der Waals surface area contributed by atoms with E-state index >= 15 is 0 Å². The SMILES string of the molecule is CNC1CC=CO1. The third kappa shape index (κ3) is 0.933. The monoisotopic (exact) mass is 99.1 g/mol. The number of hydrogen-bond donors (Lipinski definition) is 1. The zero-order valence-corrected chi connectivity index (χ0v) is 4.35. The van der Waals surface area contributed by atoms with Crippen LogP contribution in [-0.4, -0.2) is 13.3 Å². The lowest BCUT2D eigenvalue weighted by atomic mass is 10.4. The predicted molar refractivity (Wildman–Crippen MR) is 27.7 cm³/mol.